The molecule has 27 heavy (non-hydrogen) atoms. The highest BCUT2D eigenvalue weighted by molar-refractivity contribution is 9.10. The Labute approximate surface area is 171 Å². The average Bonchev–Trinajstić information content (AvgIpc) is 2.64. The van der Waals surface area contributed by atoms with Crippen molar-refractivity contribution in [1.29, 1.82) is 0 Å². The van der Waals surface area contributed by atoms with E-state index < -0.39 is 18.4 Å². The van der Waals surface area contributed by atoms with Crippen LogP contribution in [0.3, 0.4) is 0 Å². The van der Waals surface area contributed by atoms with Gasteiger partial charge in [0.2, 0.25) is 0 Å². The van der Waals surface area contributed by atoms with E-state index in [0.29, 0.717) is 32.3 Å². The number of carbonyl (C=O) groups is 2. The summed E-state index contributed by atoms with van der Waals surface area (Å²) in [7, 11) is 0. The van der Waals surface area contributed by atoms with Crippen LogP contribution in [0.25, 0.3) is 6.08 Å². The number of Topliss-reactive ketones (excluding diaryl/α,β-unsaturated/α-hetero) is 1. The van der Waals surface area contributed by atoms with Gasteiger partial charge in [0.15, 0.2) is 24.0 Å². The average molecular weight is 500 g/mol. The summed E-state index contributed by atoms with van der Waals surface area (Å²) in [5.74, 6) is -1.77. The second-order valence-electron chi connectivity index (χ2n) is 5.75. The third-order valence-electron chi connectivity index (χ3n) is 3.81. The molecule has 2 aromatic rings. The molecule has 0 amide bonds. The summed E-state index contributed by atoms with van der Waals surface area (Å²) in [5, 5.41) is 9.25. The molecule has 0 aliphatic carbocycles. The molecule has 0 radical (unpaired) electrons. The van der Waals surface area contributed by atoms with E-state index in [1.165, 1.54) is 12.1 Å². The van der Waals surface area contributed by atoms with Crippen molar-refractivity contribution >= 4 is 49.7 Å². The first-order valence-electron chi connectivity index (χ1n) is 7.79. The van der Waals surface area contributed by atoms with Gasteiger partial charge in [0, 0.05) is 10.9 Å². The van der Waals surface area contributed by atoms with Gasteiger partial charge in [0.25, 0.3) is 0 Å². The number of carboxylic acids is 1. The minimum Gasteiger partial charge on any atom is -0.487 e. The number of aliphatic carboxylic acids is 1. The first-order chi connectivity index (χ1) is 12.9. The van der Waals surface area contributed by atoms with E-state index in [2.05, 4.69) is 31.9 Å². The minimum absolute atomic E-state index is 0.0702. The summed E-state index contributed by atoms with van der Waals surface area (Å²) >= 11 is 6.78. The molecular formula is C19H13Br2FO5. The Morgan fingerprint density at radius 3 is 2.81 bits per heavy atom. The normalized spacial score (nSPS) is 14.6. The van der Waals surface area contributed by atoms with Crippen LogP contribution in [0.1, 0.15) is 21.5 Å². The van der Waals surface area contributed by atoms with Crippen LogP contribution >= 0.6 is 31.9 Å². The summed E-state index contributed by atoms with van der Waals surface area (Å²) in [6, 6.07) is 7.62. The van der Waals surface area contributed by atoms with Gasteiger partial charge in [0.1, 0.15) is 12.4 Å². The number of halogens is 3. The van der Waals surface area contributed by atoms with Gasteiger partial charge in [-0.15, -0.1) is 0 Å². The van der Waals surface area contributed by atoms with Crippen LogP contribution in [0.5, 0.6) is 11.5 Å². The predicted molar refractivity (Wildman–Crippen MR) is 104 cm³/mol. The molecule has 5 nitrogen and oxygen atoms in total. The Morgan fingerprint density at radius 1 is 1.33 bits per heavy atom. The lowest BCUT2D eigenvalue weighted by Gasteiger charge is -2.21. The Hall–Kier alpha value is -2.19. The Bertz CT molecular complexity index is 955. The van der Waals surface area contributed by atoms with Crippen LogP contribution in [-0.4, -0.2) is 30.1 Å². The van der Waals surface area contributed by atoms with E-state index in [0.717, 1.165) is 11.6 Å². The number of ether oxygens (including phenoxy) is 2. The monoisotopic (exact) mass is 498 g/mol. The van der Waals surface area contributed by atoms with E-state index in [9.17, 15) is 14.0 Å². The number of carbonyl (C=O) groups excluding carboxylic acids is 1. The SMILES string of the molecule is O=C(O)COc1cc(C=C2COc3c(Br)cc(CBr)cc3C2=O)ccc1F. The zero-order valence-corrected chi connectivity index (χ0v) is 17.0. The maximum Gasteiger partial charge on any atom is 0.341 e. The number of ketones is 1. The molecule has 0 spiro atoms. The minimum atomic E-state index is -1.21. The Balaban J connectivity index is 1.92. The fourth-order valence-electron chi connectivity index (χ4n) is 2.60. The smallest absolute Gasteiger partial charge is 0.341 e. The van der Waals surface area contributed by atoms with E-state index >= 15 is 0 Å². The molecule has 8 heteroatoms. The van der Waals surface area contributed by atoms with Crippen molar-refractivity contribution in [3.05, 3.63) is 62.9 Å². The van der Waals surface area contributed by atoms with Gasteiger partial charge in [-0.2, -0.15) is 0 Å². The third kappa shape index (κ3) is 4.39. The molecule has 1 N–H and O–H groups in total. The number of hydrogen-bond acceptors (Lipinski definition) is 4. The van der Waals surface area contributed by atoms with Gasteiger partial charge in [-0.25, -0.2) is 9.18 Å². The highest BCUT2D eigenvalue weighted by atomic mass is 79.9. The number of hydrogen-bond donors (Lipinski definition) is 1. The molecule has 0 aromatic heterocycles. The largest absolute Gasteiger partial charge is 0.487 e. The molecule has 0 bridgehead atoms. The molecule has 1 aliphatic heterocycles. The summed E-state index contributed by atoms with van der Waals surface area (Å²) in [6.07, 6.45) is 1.58. The van der Waals surface area contributed by atoms with E-state index in [1.807, 2.05) is 6.07 Å². The molecular weight excluding hydrogens is 487 g/mol. The van der Waals surface area contributed by atoms with Crippen molar-refractivity contribution in [2.75, 3.05) is 13.2 Å². The molecule has 0 saturated carbocycles. The number of benzene rings is 2. The zero-order valence-electron chi connectivity index (χ0n) is 13.8. The maximum atomic E-state index is 13.8. The molecule has 0 unspecified atom stereocenters. The third-order valence-corrected chi connectivity index (χ3v) is 5.05. The van der Waals surface area contributed by atoms with Crippen molar-refractivity contribution < 1.29 is 28.6 Å². The highest BCUT2D eigenvalue weighted by Gasteiger charge is 2.26. The first-order valence-corrected chi connectivity index (χ1v) is 9.71. The summed E-state index contributed by atoms with van der Waals surface area (Å²) in [5.41, 5.74) is 2.27. The highest BCUT2D eigenvalue weighted by Crippen LogP contribution is 2.36. The molecule has 140 valence electrons. The van der Waals surface area contributed by atoms with Gasteiger partial charge < -0.3 is 14.6 Å². The summed E-state index contributed by atoms with van der Waals surface area (Å²) in [6.45, 7) is -0.587. The summed E-state index contributed by atoms with van der Waals surface area (Å²) in [4.78, 5) is 23.4. The van der Waals surface area contributed by atoms with E-state index in [-0.39, 0.29) is 18.1 Å². The van der Waals surface area contributed by atoms with Crippen LogP contribution < -0.4 is 9.47 Å². The van der Waals surface area contributed by atoms with Crippen LogP contribution in [0.15, 0.2) is 40.4 Å². The molecule has 0 saturated heterocycles. The number of rotatable bonds is 5. The lowest BCUT2D eigenvalue weighted by molar-refractivity contribution is -0.139. The molecule has 1 heterocycles. The van der Waals surface area contributed by atoms with Gasteiger partial charge in [-0.05, 0) is 57.4 Å². The Morgan fingerprint density at radius 2 is 2.11 bits per heavy atom. The molecule has 2 aromatic carbocycles. The standard InChI is InChI=1S/C19H13Br2FO5/c20-7-11-4-13-18(25)12(8-27-19(13)14(21)5-11)3-10-1-2-15(22)16(6-10)26-9-17(23)24/h1-6H,7-9H2,(H,23,24). The van der Waals surface area contributed by atoms with Crippen molar-refractivity contribution in [2.24, 2.45) is 0 Å². The second kappa shape index (κ2) is 8.22. The van der Waals surface area contributed by atoms with Crippen molar-refractivity contribution in [3.8, 4) is 11.5 Å². The molecule has 1 aliphatic rings. The lowest BCUT2D eigenvalue weighted by Crippen LogP contribution is -2.19. The second-order valence-corrected chi connectivity index (χ2v) is 7.16. The number of alkyl halides is 1. The number of carboxylic acid groups (broad SMARTS) is 1. The van der Waals surface area contributed by atoms with Gasteiger partial charge in [0.05, 0.1) is 10.0 Å². The fourth-order valence-corrected chi connectivity index (χ4v) is 3.54. The topological polar surface area (TPSA) is 72.8 Å². The van der Waals surface area contributed by atoms with Gasteiger partial charge in [-0.3, -0.25) is 4.79 Å². The number of fused-ring (bicyclic) bond motifs is 1. The summed E-state index contributed by atoms with van der Waals surface area (Å²) < 4.78 is 25.1. The van der Waals surface area contributed by atoms with Crippen molar-refractivity contribution in [3.63, 3.8) is 0 Å². The van der Waals surface area contributed by atoms with E-state index in [4.69, 9.17) is 14.6 Å². The first kappa shape index (κ1) is 19.6. The van der Waals surface area contributed by atoms with Crippen molar-refractivity contribution in [1.82, 2.24) is 0 Å². The quantitative estimate of drug-likeness (QED) is 0.480. The zero-order chi connectivity index (χ0) is 19.6. The lowest BCUT2D eigenvalue weighted by atomic mass is 9.97. The molecule has 0 fully saturated rings. The van der Waals surface area contributed by atoms with Crippen LogP contribution in [0.2, 0.25) is 0 Å². The van der Waals surface area contributed by atoms with Gasteiger partial charge in [-0.1, -0.05) is 22.0 Å². The van der Waals surface area contributed by atoms with Gasteiger partial charge >= 0.3 is 5.97 Å². The predicted octanol–water partition coefficient (Wildman–Crippen LogP) is 4.61. The fraction of sp³-hybridized carbons (Fsp3) is 0.158. The van der Waals surface area contributed by atoms with Crippen LogP contribution in [0, 0.1) is 5.82 Å². The van der Waals surface area contributed by atoms with Crippen LogP contribution in [0.4, 0.5) is 4.39 Å². The van der Waals surface area contributed by atoms with Crippen molar-refractivity contribution in [2.45, 2.75) is 5.33 Å². The van der Waals surface area contributed by atoms with Crippen LogP contribution in [-0.2, 0) is 10.1 Å². The van der Waals surface area contributed by atoms with E-state index in [1.54, 1.807) is 12.1 Å². The maximum absolute atomic E-state index is 13.8. The Kier molecular flexibility index (Phi) is 5.96. The molecule has 3 rings (SSSR count). The molecule has 0 atom stereocenters.